The first kappa shape index (κ1) is 20.9. The molecule has 1 aliphatic carbocycles. The maximum atomic E-state index is 12.5. The van der Waals surface area contributed by atoms with E-state index in [9.17, 15) is 19.5 Å². The third kappa shape index (κ3) is 4.26. The highest BCUT2D eigenvalue weighted by atomic mass is 16.5. The molecule has 31 heavy (non-hydrogen) atoms. The lowest BCUT2D eigenvalue weighted by Gasteiger charge is -2.23. The van der Waals surface area contributed by atoms with Crippen molar-refractivity contribution in [1.82, 2.24) is 10.2 Å². The van der Waals surface area contributed by atoms with E-state index in [-0.39, 0.29) is 24.9 Å². The van der Waals surface area contributed by atoms with Gasteiger partial charge < -0.3 is 20.1 Å². The molecule has 1 saturated heterocycles. The number of carboxylic acids is 1. The predicted octanol–water partition coefficient (Wildman–Crippen LogP) is 3.38. The van der Waals surface area contributed by atoms with Crippen LogP contribution in [0.4, 0.5) is 4.79 Å². The van der Waals surface area contributed by atoms with E-state index in [4.69, 9.17) is 4.74 Å². The Bertz CT molecular complexity index is 959. The van der Waals surface area contributed by atoms with Gasteiger partial charge in [-0.25, -0.2) is 9.59 Å². The van der Waals surface area contributed by atoms with E-state index in [0.717, 1.165) is 22.3 Å². The molecule has 0 radical (unpaired) electrons. The minimum atomic E-state index is -0.983. The quantitative estimate of drug-likeness (QED) is 0.744. The highest BCUT2D eigenvalue weighted by molar-refractivity contribution is 5.85. The Labute approximate surface area is 181 Å². The number of hydrogen-bond donors (Lipinski definition) is 2. The average molecular weight is 422 g/mol. The SMILES string of the molecule is C[C@H](CC(=O)N1CCC[C@H]1C(=O)O)NC(=O)OCC1c2ccccc2-c2ccccc21. The van der Waals surface area contributed by atoms with Crippen LogP contribution in [0.25, 0.3) is 11.1 Å². The lowest BCUT2D eigenvalue weighted by molar-refractivity contribution is -0.148. The normalized spacial score (nSPS) is 18.2. The number of nitrogens with one attached hydrogen (secondary N) is 1. The van der Waals surface area contributed by atoms with Crippen molar-refractivity contribution in [3.8, 4) is 11.1 Å². The lowest BCUT2D eigenvalue weighted by atomic mass is 9.98. The van der Waals surface area contributed by atoms with E-state index in [0.29, 0.717) is 19.4 Å². The average Bonchev–Trinajstić information content (AvgIpc) is 3.36. The maximum absolute atomic E-state index is 12.5. The molecule has 7 nitrogen and oxygen atoms in total. The van der Waals surface area contributed by atoms with Crippen LogP contribution >= 0.6 is 0 Å². The van der Waals surface area contributed by atoms with E-state index < -0.39 is 24.1 Å². The smallest absolute Gasteiger partial charge is 0.407 e. The fraction of sp³-hybridized carbons (Fsp3) is 0.375. The summed E-state index contributed by atoms with van der Waals surface area (Å²) < 4.78 is 5.51. The van der Waals surface area contributed by atoms with E-state index >= 15 is 0 Å². The van der Waals surface area contributed by atoms with Gasteiger partial charge in [0.15, 0.2) is 0 Å². The summed E-state index contributed by atoms with van der Waals surface area (Å²) >= 11 is 0. The molecule has 2 aromatic carbocycles. The Morgan fingerprint density at radius 2 is 1.71 bits per heavy atom. The van der Waals surface area contributed by atoms with Crippen molar-refractivity contribution in [2.75, 3.05) is 13.2 Å². The zero-order valence-electron chi connectivity index (χ0n) is 17.4. The Morgan fingerprint density at radius 1 is 1.10 bits per heavy atom. The van der Waals surface area contributed by atoms with Crippen molar-refractivity contribution in [3.05, 3.63) is 59.7 Å². The molecular formula is C24H26N2O5. The third-order valence-corrected chi connectivity index (χ3v) is 6.05. The monoisotopic (exact) mass is 422 g/mol. The van der Waals surface area contributed by atoms with Crippen LogP contribution in [0.2, 0.25) is 0 Å². The summed E-state index contributed by atoms with van der Waals surface area (Å²) in [4.78, 5) is 37.5. The van der Waals surface area contributed by atoms with Crippen molar-refractivity contribution < 1.29 is 24.2 Å². The van der Waals surface area contributed by atoms with Crippen molar-refractivity contribution in [3.63, 3.8) is 0 Å². The summed E-state index contributed by atoms with van der Waals surface area (Å²) in [7, 11) is 0. The van der Waals surface area contributed by atoms with Gasteiger partial charge in [-0.3, -0.25) is 4.79 Å². The molecule has 2 amide bonds. The molecule has 0 saturated carbocycles. The van der Waals surface area contributed by atoms with Gasteiger partial charge in [0.25, 0.3) is 0 Å². The van der Waals surface area contributed by atoms with Gasteiger partial charge in [-0.2, -0.15) is 0 Å². The largest absolute Gasteiger partial charge is 0.480 e. The Morgan fingerprint density at radius 3 is 2.32 bits per heavy atom. The lowest BCUT2D eigenvalue weighted by Crippen LogP contribution is -2.44. The minimum absolute atomic E-state index is 0.0315. The summed E-state index contributed by atoms with van der Waals surface area (Å²) in [6.45, 7) is 2.35. The number of amides is 2. The molecular weight excluding hydrogens is 396 g/mol. The fourth-order valence-corrected chi connectivity index (χ4v) is 4.59. The number of benzene rings is 2. The summed E-state index contributed by atoms with van der Waals surface area (Å²) in [5, 5.41) is 11.9. The first-order valence-electron chi connectivity index (χ1n) is 10.6. The topological polar surface area (TPSA) is 95.9 Å². The second-order valence-electron chi connectivity index (χ2n) is 8.16. The van der Waals surface area contributed by atoms with Gasteiger partial charge in [-0.1, -0.05) is 48.5 Å². The first-order chi connectivity index (χ1) is 15.0. The number of ether oxygens (including phenoxy) is 1. The molecule has 0 bridgehead atoms. The summed E-state index contributed by atoms with van der Waals surface area (Å²) in [5.74, 6) is -1.28. The zero-order valence-corrected chi connectivity index (χ0v) is 17.4. The van der Waals surface area contributed by atoms with Crippen LogP contribution in [0.3, 0.4) is 0 Å². The van der Waals surface area contributed by atoms with Crippen LogP contribution in [0, 0.1) is 0 Å². The van der Waals surface area contributed by atoms with E-state index in [1.54, 1.807) is 6.92 Å². The Hall–Kier alpha value is -3.35. The molecule has 2 atom stereocenters. The van der Waals surface area contributed by atoms with E-state index in [2.05, 4.69) is 29.6 Å². The molecule has 2 N–H and O–H groups in total. The first-order valence-corrected chi connectivity index (χ1v) is 10.6. The molecule has 0 unspecified atom stereocenters. The van der Waals surface area contributed by atoms with Gasteiger partial charge in [0.2, 0.25) is 5.91 Å². The van der Waals surface area contributed by atoms with Crippen LogP contribution in [0.1, 0.15) is 43.2 Å². The van der Waals surface area contributed by atoms with Crippen molar-refractivity contribution >= 4 is 18.0 Å². The number of aliphatic carboxylic acids is 1. The van der Waals surface area contributed by atoms with Crippen LogP contribution in [-0.4, -0.2) is 53.2 Å². The Balaban J connectivity index is 1.32. The van der Waals surface area contributed by atoms with E-state index in [1.807, 2.05) is 24.3 Å². The van der Waals surface area contributed by atoms with Gasteiger partial charge in [-0.15, -0.1) is 0 Å². The van der Waals surface area contributed by atoms with E-state index in [1.165, 1.54) is 4.90 Å². The number of hydrogen-bond acceptors (Lipinski definition) is 4. The van der Waals surface area contributed by atoms with Gasteiger partial charge >= 0.3 is 12.1 Å². The number of rotatable bonds is 6. The number of likely N-dealkylation sites (tertiary alicyclic amines) is 1. The number of carboxylic acid groups (broad SMARTS) is 1. The summed E-state index contributed by atoms with van der Waals surface area (Å²) in [6.07, 6.45) is 0.596. The molecule has 162 valence electrons. The predicted molar refractivity (Wildman–Crippen MR) is 115 cm³/mol. The standard InChI is InChI=1S/C24H26N2O5/c1-15(13-22(27)26-12-6-11-21(26)23(28)29)25-24(30)31-14-20-18-9-4-2-7-16(18)17-8-3-5-10-19(17)20/h2-5,7-10,15,20-21H,6,11-14H2,1H3,(H,25,30)(H,28,29)/t15-,21+/m1/s1. The number of carbonyl (C=O) groups excluding carboxylic acids is 2. The summed E-state index contributed by atoms with van der Waals surface area (Å²) in [5.41, 5.74) is 4.58. The van der Waals surface area contributed by atoms with Crippen molar-refractivity contribution in [1.29, 1.82) is 0 Å². The molecule has 1 heterocycles. The van der Waals surface area contributed by atoms with Gasteiger partial charge in [0.05, 0.1) is 0 Å². The van der Waals surface area contributed by atoms with Crippen LogP contribution < -0.4 is 5.32 Å². The molecule has 0 aromatic heterocycles. The van der Waals surface area contributed by atoms with Gasteiger partial charge in [0, 0.05) is 24.9 Å². The summed E-state index contributed by atoms with van der Waals surface area (Å²) in [6, 6.07) is 15.0. The number of carbonyl (C=O) groups is 3. The number of nitrogens with zero attached hydrogens (tertiary/aromatic N) is 1. The van der Waals surface area contributed by atoms with Gasteiger partial charge in [-0.05, 0) is 42.0 Å². The molecule has 2 aromatic rings. The second kappa shape index (κ2) is 8.79. The molecule has 2 aliphatic rings. The molecule has 7 heteroatoms. The molecule has 1 fully saturated rings. The molecule has 1 aliphatic heterocycles. The van der Waals surface area contributed by atoms with Crippen molar-refractivity contribution in [2.24, 2.45) is 0 Å². The van der Waals surface area contributed by atoms with Crippen LogP contribution in [0.15, 0.2) is 48.5 Å². The highest BCUT2D eigenvalue weighted by Crippen LogP contribution is 2.44. The Kier molecular flexibility index (Phi) is 5.93. The molecule has 4 rings (SSSR count). The number of fused-ring (bicyclic) bond motifs is 3. The fourth-order valence-electron chi connectivity index (χ4n) is 4.59. The van der Waals surface area contributed by atoms with Crippen LogP contribution in [0.5, 0.6) is 0 Å². The highest BCUT2D eigenvalue weighted by Gasteiger charge is 2.34. The third-order valence-electron chi connectivity index (χ3n) is 6.05. The van der Waals surface area contributed by atoms with Crippen LogP contribution in [-0.2, 0) is 14.3 Å². The number of alkyl carbamates (subject to hydrolysis) is 1. The zero-order chi connectivity index (χ0) is 22.0. The van der Waals surface area contributed by atoms with Gasteiger partial charge in [0.1, 0.15) is 12.6 Å². The maximum Gasteiger partial charge on any atom is 0.407 e. The minimum Gasteiger partial charge on any atom is -0.480 e. The second-order valence-corrected chi connectivity index (χ2v) is 8.16. The van der Waals surface area contributed by atoms with Crippen molar-refractivity contribution in [2.45, 2.75) is 44.2 Å². The molecule has 0 spiro atoms.